The van der Waals surface area contributed by atoms with Crippen molar-refractivity contribution in [2.45, 2.75) is 19.3 Å². The second-order valence-corrected chi connectivity index (χ2v) is 5.12. The average Bonchev–Trinajstić information content (AvgIpc) is 2.48. The fourth-order valence-electron chi connectivity index (χ4n) is 2.57. The van der Waals surface area contributed by atoms with Gasteiger partial charge in [0.25, 0.3) is 11.6 Å². The number of hydrogen-bond donors (Lipinski definition) is 1. The van der Waals surface area contributed by atoms with Crippen molar-refractivity contribution in [3.8, 4) is 0 Å². The van der Waals surface area contributed by atoms with Gasteiger partial charge >= 0.3 is 0 Å². The summed E-state index contributed by atoms with van der Waals surface area (Å²) in [5, 5.41) is 10.6. The number of non-ortho nitro benzene ring substituents is 1. The van der Waals surface area contributed by atoms with E-state index >= 15 is 0 Å². The molecule has 20 heavy (non-hydrogen) atoms. The molecule has 0 radical (unpaired) electrons. The Labute approximate surface area is 117 Å². The molecule has 0 atom stereocenters. The number of benzene rings is 1. The normalized spacial score (nSPS) is 16.1. The maximum absolute atomic E-state index is 12.3. The molecule has 1 amide bonds. The van der Waals surface area contributed by atoms with Crippen LogP contribution >= 0.6 is 0 Å². The molecule has 6 heteroatoms. The van der Waals surface area contributed by atoms with E-state index in [4.69, 9.17) is 5.73 Å². The quantitative estimate of drug-likeness (QED) is 0.671. The molecule has 1 saturated heterocycles. The third kappa shape index (κ3) is 3.33. The van der Waals surface area contributed by atoms with Crippen molar-refractivity contribution in [3.63, 3.8) is 0 Å². The Morgan fingerprint density at radius 2 is 1.90 bits per heavy atom. The first kappa shape index (κ1) is 14.5. The van der Waals surface area contributed by atoms with Crippen LogP contribution in [0.5, 0.6) is 0 Å². The summed E-state index contributed by atoms with van der Waals surface area (Å²) in [5.41, 5.74) is 6.06. The molecule has 108 valence electrons. The Hall–Kier alpha value is -1.95. The van der Waals surface area contributed by atoms with Crippen LogP contribution in [0, 0.1) is 16.0 Å². The van der Waals surface area contributed by atoms with E-state index in [1.807, 2.05) is 4.90 Å². The summed E-state index contributed by atoms with van der Waals surface area (Å²) in [7, 11) is 0. The van der Waals surface area contributed by atoms with Crippen molar-refractivity contribution >= 4 is 11.6 Å². The molecule has 2 N–H and O–H groups in total. The van der Waals surface area contributed by atoms with Crippen LogP contribution in [0.1, 0.15) is 29.6 Å². The van der Waals surface area contributed by atoms with Gasteiger partial charge in [-0.2, -0.15) is 0 Å². The van der Waals surface area contributed by atoms with Crippen LogP contribution in [0.4, 0.5) is 5.69 Å². The Balaban J connectivity index is 1.96. The van der Waals surface area contributed by atoms with Crippen molar-refractivity contribution in [2.75, 3.05) is 19.6 Å². The number of carbonyl (C=O) groups is 1. The molecule has 0 spiro atoms. The molecule has 1 heterocycles. The van der Waals surface area contributed by atoms with Gasteiger partial charge in [0.15, 0.2) is 0 Å². The van der Waals surface area contributed by atoms with Gasteiger partial charge in [0.05, 0.1) is 4.92 Å². The van der Waals surface area contributed by atoms with Crippen LogP contribution in [0.25, 0.3) is 0 Å². The SMILES string of the molecule is NCCC1CCN(C(=O)c2ccc([N+](=O)[O-])cc2)CC1. The highest BCUT2D eigenvalue weighted by atomic mass is 16.6. The standard InChI is InChI=1S/C14H19N3O3/c15-8-5-11-6-9-16(10-7-11)14(18)12-1-3-13(4-2-12)17(19)20/h1-4,11H,5-10,15H2. The van der Waals surface area contributed by atoms with Gasteiger partial charge in [0.1, 0.15) is 0 Å². The first-order valence-corrected chi connectivity index (χ1v) is 6.85. The summed E-state index contributed by atoms with van der Waals surface area (Å²) in [6.45, 7) is 2.17. The molecule has 0 bridgehead atoms. The Kier molecular flexibility index (Phi) is 4.68. The minimum Gasteiger partial charge on any atom is -0.339 e. The van der Waals surface area contributed by atoms with Gasteiger partial charge in [-0.1, -0.05) is 0 Å². The lowest BCUT2D eigenvalue weighted by Crippen LogP contribution is -2.38. The van der Waals surface area contributed by atoms with Crippen molar-refractivity contribution in [1.82, 2.24) is 4.90 Å². The Morgan fingerprint density at radius 1 is 1.30 bits per heavy atom. The van der Waals surface area contributed by atoms with Gasteiger partial charge < -0.3 is 10.6 Å². The molecule has 0 aliphatic carbocycles. The molecule has 1 aromatic rings. The highest BCUT2D eigenvalue weighted by molar-refractivity contribution is 5.94. The first-order chi connectivity index (χ1) is 9.61. The minimum absolute atomic E-state index is 0.00297. The summed E-state index contributed by atoms with van der Waals surface area (Å²) < 4.78 is 0. The van der Waals surface area contributed by atoms with Gasteiger partial charge in [0.2, 0.25) is 0 Å². The highest BCUT2D eigenvalue weighted by Crippen LogP contribution is 2.22. The van der Waals surface area contributed by atoms with Crippen molar-refractivity contribution in [3.05, 3.63) is 39.9 Å². The molecule has 0 aromatic heterocycles. The largest absolute Gasteiger partial charge is 0.339 e. The summed E-state index contributed by atoms with van der Waals surface area (Å²) in [6, 6.07) is 5.78. The lowest BCUT2D eigenvalue weighted by atomic mass is 9.93. The van der Waals surface area contributed by atoms with Crippen LogP contribution in [-0.2, 0) is 0 Å². The van der Waals surface area contributed by atoms with E-state index < -0.39 is 4.92 Å². The van der Waals surface area contributed by atoms with Crippen LogP contribution in [-0.4, -0.2) is 35.4 Å². The third-order valence-electron chi connectivity index (χ3n) is 3.80. The number of rotatable bonds is 4. The number of carbonyl (C=O) groups excluding carboxylic acids is 1. The average molecular weight is 277 g/mol. The maximum Gasteiger partial charge on any atom is 0.269 e. The zero-order chi connectivity index (χ0) is 14.5. The second kappa shape index (κ2) is 6.47. The predicted molar refractivity (Wildman–Crippen MR) is 75.4 cm³/mol. The monoisotopic (exact) mass is 277 g/mol. The molecule has 1 aromatic carbocycles. The number of nitro benzene ring substituents is 1. The minimum atomic E-state index is -0.466. The fourth-order valence-corrected chi connectivity index (χ4v) is 2.57. The van der Waals surface area contributed by atoms with E-state index in [0.29, 0.717) is 18.0 Å². The number of nitrogens with zero attached hydrogens (tertiary/aromatic N) is 2. The van der Waals surface area contributed by atoms with Crippen LogP contribution in [0.15, 0.2) is 24.3 Å². The van der Waals surface area contributed by atoms with Crippen molar-refractivity contribution in [2.24, 2.45) is 11.7 Å². The molecular weight excluding hydrogens is 258 g/mol. The van der Waals surface area contributed by atoms with Crippen molar-refractivity contribution in [1.29, 1.82) is 0 Å². The number of hydrogen-bond acceptors (Lipinski definition) is 4. The maximum atomic E-state index is 12.3. The number of nitro groups is 1. The van der Waals surface area contributed by atoms with E-state index in [-0.39, 0.29) is 11.6 Å². The van der Waals surface area contributed by atoms with Gasteiger partial charge in [-0.25, -0.2) is 0 Å². The lowest BCUT2D eigenvalue weighted by Gasteiger charge is -2.31. The predicted octanol–water partition coefficient (Wildman–Crippen LogP) is 1.80. The molecule has 0 saturated carbocycles. The second-order valence-electron chi connectivity index (χ2n) is 5.12. The molecule has 1 aliphatic heterocycles. The summed E-state index contributed by atoms with van der Waals surface area (Å²) in [6.07, 6.45) is 2.98. The smallest absolute Gasteiger partial charge is 0.269 e. The van der Waals surface area contributed by atoms with Crippen LogP contribution in [0.2, 0.25) is 0 Å². The van der Waals surface area contributed by atoms with Gasteiger partial charge in [-0.3, -0.25) is 14.9 Å². The molecule has 2 rings (SSSR count). The summed E-state index contributed by atoms with van der Waals surface area (Å²) in [5.74, 6) is 0.562. The van der Waals surface area contributed by atoms with Crippen LogP contribution < -0.4 is 5.73 Å². The summed E-state index contributed by atoms with van der Waals surface area (Å²) >= 11 is 0. The van der Waals surface area contributed by atoms with E-state index in [0.717, 1.165) is 32.4 Å². The fraction of sp³-hybridized carbons (Fsp3) is 0.500. The Morgan fingerprint density at radius 3 is 2.40 bits per heavy atom. The number of nitrogens with two attached hydrogens (primary N) is 1. The van der Waals surface area contributed by atoms with E-state index in [9.17, 15) is 14.9 Å². The number of amides is 1. The number of likely N-dealkylation sites (tertiary alicyclic amines) is 1. The third-order valence-corrected chi connectivity index (χ3v) is 3.80. The van der Waals surface area contributed by atoms with Crippen LogP contribution in [0.3, 0.4) is 0 Å². The van der Waals surface area contributed by atoms with Gasteiger partial charge in [-0.05, 0) is 43.9 Å². The first-order valence-electron chi connectivity index (χ1n) is 6.85. The lowest BCUT2D eigenvalue weighted by molar-refractivity contribution is -0.384. The molecule has 1 aliphatic rings. The summed E-state index contributed by atoms with van der Waals surface area (Å²) in [4.78, 5) is 24.2. The zero-order valence-electron chi connectivity index (χ0n) is 11.3. The molecule has 6 nitrogen and oxygen atoms in total. The van der Waals surface area contributed by atoms with E-state index in [1.165, 1.54) is 24.3 Å². The van der Waals surface area contributed by atoms with E-state index in [1.54, 1.807) is 0 Å². The number of piperidine rings is 1. The molecule has 0 unspecified atom stereocenters. The topological polar surface area (TPSA) is 89.5 Å². The highest BCUT2D eigenvalue weighted by Gasteiger charge is 2.23. The Bertz CT molecular complexity index is 479. The van der Waals surface area contributed by atoms with Gasteiger partial charge in [0, 0.05) is 30.8 Å². The van der Waals surface area contributed by atoms with Crippen molar-refractivity contribution < 1.29 is 9.72 Å². The molecular formula is C14H19N3O3. The zero-order valence-corrected chi connectivity index (χ0v) is 11.3. The molecule has 1 fully saturated rings. The van der Waals surface area contributed by atoms with Gasteiger partial charge in [-0.15, -0.1) is 0 Å². The van der Waals surface area contributed by atoms with E-state index in [2.05, 4.69) is 0 Å².